The van der Waals surface area contributed by atoms with Crippen LogP contribution in [0.3, 0.4) is 0 Å². The molecule has 0 bridgehead atoms. The summed E-state index contributed by atoms with van der Waals surface area (Å²) in [7, 11) is 0. The average molecular weight is 193 g/mol. The van der Waals surface area contributed by atoms with E-state index in [0.29, 0.717) is 0 Å². The van der Waals surface area contributed by atoms with Crippen molar-refractivity contribution in [1.29, 1.82) is 0 Å². The Bertz CT molecular complexity index is 191. The molecule has 0 aromatic carbocycles. The Labute approximate surface area is 77.2 Å². The molecule has 0 amide bonds. The topological polar surface area (TPSA) is 27.7 Å². The molecule has 1 aliphatic rings. The third-order valence-corrected chi connectivity index (χ3v) is 2.25. The van der Waals surface area contributed by atoms with Crippen LogP contribution >= 0.6 is 11.6 Å². The fourth-order valence-corrected chi connectivity index (χ4v) is 1.02. The van der Waals surface area contributed by atoms with E-state index in [0.717, 1.165) is 17.0 Å². The maximum absolute atomic E-state index is 5.91. The molecule has 0 aliphatic carbocycles. The Morgan fingerprint density at radius 1 is 1.42 bits per heavy atom. The van der Waals surface area contributed by atoms with E-state index in [1.54, 1.807) is 6.92 Å². The molecule has 1 heterocycles. The highest BCUT2D eigenvalue weighted by Gasteiger charge is 2.26. The van der Waals surface area contributed by atoms with E-state index in [1.165, 1.54) is 0 Å². The Morgan fingerprint density at radius 2 is 2.08 bits per heavy atom. The van der Waals surface area contributed by atoms with E-state index in [1.807, 2.05) is 13.8 Å². The van der Waals surface area contributed by atoms with Crippen molar-refractivity contribution in [2.75, 3.05) is 0 Å². The van der Waals surface area contributed by atoms with E-state index in [2.05, 4.69) is 0 Å². The summed E-state index contributed by atoms with van der Waals surface area (Å²) in [6, 6.07) is 0. The van der Waals surface area contributed by atoms with Crippen molar-refractivity contribution in [2.45, 2.75) is 39.8 Å². The molecule has 70 valence electrons. The van der Waals surface area contributed by atoms with Gasteiger partial charge in [-0.15, -0.1) is 0 Å². The summed E-state index contributed by atoms with van der Waals surface area (Å²) in [6.45, 7) is 5.62. The standard InChI is InChI=1S/C8H13ClO3/c1-4-7(9)5(2)8-10-6(3)11-12-8/h6,8H,4H2,1-3H3/b7-5+/t6-,8+/m0/s1. The van der Waals surface area contributed by atoms with Gasteiger partial charge in [-0.25, -0.2) is 4.89 Å². The van der Waals surface area contributed by atoms with Gasteiger partial charge in [0.05, 0.1) is 0 Å². The Morgan fingerprint density at radius 3 is 2.50 bits per heavy atom. The fourth-order valence-electron chi connectivity index (χ4n) is 0.929. The highest BCUT2D eigenvalue weighted by Crippen LogP contribution is 2.24. The summed E-state index contributed by atoms with van der Waals surface area (Å²) in [5.74, 6) is 0. The molecular formula is C8H13ClO3. The molecule has 1 aliphatic heterocycles. The Hall–Kier alpha value is -0.0900. The summed E-state index contributed by atoms with van der Waals surface area (Å²) >= 11 is 5.91. The van der Waals surface area contributed by atoms with Crippen LogP contribution in [0.25, 0.3) is 0 Å². The lowest BCUT2D eigenvalue weighted by molar-refractivity contribution is -0.287. The van der Waals surface area contributed by atoms with Gasteiger partial charge in [0.2, 0.25) is 6.29 Å². The molecule has 0 unspecified atom stereocenters. The normalized spacial score (nSPS) is 32.0. The van der Waals surface area contributed by atoms with Gasteiger partial charge in [-0.3, -0.25) is 0 Å². The van der Waals surface area contributed by atoms with Crippen molar-refractivity contribution < 1.29 is 14.5 Å². The molecule has 0 N–H and O–H groups in total. The van der Waals surface area contributed by atoms with Crippen molar-refractivity contribution in [3.8, 4) is 0 Å². The molecule has 3 nitrogen and oxygen atoms in total. The lowest BCUT2D eigenvalue weighted by Crippen LogP contribution is -2.11. The first kappa shape index (κ1) is 9.99. The van der Waals surface area contributed by atoms with E-state index in [9.17, 15) is 0 Å². The fraction of sp³-hybridized carbons (Fsp3) is 0.750. The number of hydrogen-bond acceptors (Lipinski definition) is 3. The van der Waals surface area contributed by atoms with Crippen LogP contribution < -0.4 is 0 Å². The summed E-state index contributed by atoms with van der Waals surface area (Å²) in [5.41, 5.74) is 0.878. The highest BCUT2D eigenvalue weighted by molar-refractivity contribution is 6.29. The lowest BCUT2D eigenvalue weighted by atomic mass is 10.2. The molecular weight excluding hydrogens is 180 g/mol. The smallest absolute Gasteiger partial charge is 0.217 e. The number of hydrogen-bond donors (Lipinski definition) is 0. The van der Waals surface area contributed by atoms with Crippen molar-refractivity contribution in [3.63, 3.8) is 0 Å². The van der Waals surface area contributed by atoms with E-state index in [-0.39, 0.29) is 6.29 Å². The van der Waals surface area contributed by atoms with Crippen LogP contribution in [-0.4, -0.2) is 12.6 Å². The molecule has 12 heavy (non-hydrogen) atoms. The molecule has 0 aromatic heterocycles. The number of rotatable bonds is 2. The van der Waals surface area contributed by atoms with Crippen LogP contribution in [0, 0.1) is 0 Å². The first-order chi connectivity index (χ1) is 5.65. The third-order valence-electron chi connectivity index (χ3n) is 1.69. The number of allylic oxidation sites excluding steroid dienone is 1. The number of halogens is 1. The van der Waals surface area contributed by atoms with Gasteiger partial charge in [0, 0.05) is 5.03 Å². The molecule has 2 atom stereocenters. The zero-order chi connectivity index (χ0) is 9.14. The largest absolute Gasteiger partial charge is 0.314 e. The summed E-state index contributed by atoms with van der Waals surface area (Å²) in [6.07, 6.45) is 0.0315. The maximum Gasteiger partial charge on any atom is 0.217 e. The van der Waals surface area contributed by atoms with Crippen molar-refractivity contribution in [2.24, 2.45) is 0 Å². The Balaban J connectivity index is 2.59. The van der Waals surface area contributed by atoms with Gasteiger partial charge in [-0.2, -0.15) is 4.89 Å². The molecule has 1 rings (SSSR count). The van der Waals surface area contributed by atoms with Gasteiger partial charge in [-0.05, 0) is 25.8 Å². The molecule has 4 heteroatoms. The first-order valence-electron chi connectivity index (χ1n) is 3.98. The minimum Gasteiger partial charge on any atom is -0.314 e. The summed E-state index contributed by atoms with van der Waals surface area (Å²) in [5, 5.41) is 0.762. The van der Waals surface area contributed by atoms with E-state index in [4.69, 9.17) is 26.1 Å². The van der Waals surface area contributed by atoms with Crippen LogP contribution in [0.2, 0.25) is 0 Å². The quantitative estimate of drug-likeness (QED) is 0.630. The van der Waals surface area contributed by atoms with Gasteiger partial charge < -0.3 is 4.74 Å². The van der Waals surface area contributed by atoms with Gasteiger partial charge >= 0.3 is 0 Å². The molecule has 0 spiro atoms. The van der Waals surface area contributed by atoms with Gasteiger partial charge in [0.1, 0.15) is 0 Å². The van der Waals surface area contributed by atoms with Crippen molar-refractivity contribution in [3.05, 3.63) is 10.6 Å². The maximum atomic E-state index is 5.91. The minimum atomic E-state index is -0.438. The number of ether oxygens (including phenoxy) is 1. The van der Waals surface area contributed by atoms with E-state index < -0.39 is 6.29 Å². The lowest BCUT2D eigenvalue weighted by Gasteiger charge is -2.08. The molecule has 1 saturated heterocycles. The molecule has 0 saturated carbocycles. The van der Waals surface area contributed by atoms with Crippen LogP contribution in [0.4, 0.5) is 0 Å². The van der Waals surface area contributed by atoms with Gasteiger partial charge in [0.25, 0.3) is 0 Å². The van der Waals surface area contributed by atoms with E-state index >= 15 is 0 Å². The van der Waals surface area contributed by atoms with Crippen LogP contribution in [0.5, 0.6) is 0 Å². The summed E-state index contributed by atoms with van der Waals surface area (Å²) < 4.78 is 5.26. The predicted molar refractivity (Wildman–Crippen MR) is 45.3 cm³/mol. The second-order valence-corrected chi connectivity index (χ2v) is 3.13. The van der Waals surface area contributed by atoms with Crippen molar-refractivity contribution >= 4 is 11.6 Å². The van der Waals surface area contributed by atoms with Crippen LogP contribution in [0.15, 0.2) is 10.6 Å². The van der Waals surface area contributed by atoms with Crippen LogP contribution in [-0.2, 0) is 14.5 Å². The average Bonchev–Trinajstić information content (AvgIpc) is 2.49. The second kappa shape index (κ2) is 4.23. The van der Waals surface area contributed by atoms with Crippen molar-refractivity contribution in [1.82, 2.24) is 0 Å². The predicted octanol–water partition coefficient (Wildman–Crippen LogP) is 2.56. The SMILES string of the molecule is CC/C(Cl)=C(/C)[C@H]1OO[C@@H](C)O1. The molecule has 0 aromatic rings. The van der Waals surface area contributed by atoms with Gasteiger partial charge in [-0.1, -0.05) is 18.5 Å². The molecule has 1 fully saturated rings. The second-order valence-electron chi connectivity index (χ2n) is 2.67. The minimum absolute atomic E-state index is 0.314. The van der Waals surface area contributed by atoms with Crippen LogP contribution in [0.1, 0.15) is 27.2 Å². The monoisotopic (exact) mass is 192 g/mol. The zero-order valence-corrected chi connectivity index (χ0v) is 8.22. The molecule has 0 radical (unpaired) electrons. The summed E-state index contributed by atoms with van der Waals surface area (Å²) in [4.78, 5) is 9.65. The first-order valence-corrected chi connectivity index (χ1v) is 4.35. The van der Waals surface area contributed by atoms with Gasteiger partial charge in [0.15, 0.2) is 6.29 Å². The third kappa shape index (κ3) is 2.20. The zero-order valence-electron chi connectivity index (χ0n) is 7.46. The Kier molecular flexibility index (Phi) is 3.53. The highest BCUT2D eigenvalue weighted by atomic mass is 35.5.